The van der Waals surface area contributed by atoms with Crippen molar-refractivity contribution in [2.24, 2.45) is 0 Å². The standard InChI is InChI=1S/C15H16O4/c1-11-14(17)7-13(19-15(11)8-16)10-18-9-12-5-3-2-4-6-12/h2-7,16H,8-10H2,1H3. The van der Waals surface area contributed by atoms with Crippen molar-refractivity contribution in [3.05, 3.63) is 69.3 Å². The van der Waals surface area contributed by atoms with Gasteiger partial charge < -0.3 is 14.3 Å². The molecule has 0 unspecified atom stereocenters. The fourth-order valence-electron chi connectivity index (χ4n) is 1.72. The van der Waals surface area contributed by atoms with E-state index in [1.165, 1.54) is 6.07 Å². The lowest BCUT2D eigenvalue weighted by Crippen LogP contribution is -2.10. The second-order valence-electron chi connectivity index (χ2n) is 4.26. The highest BCUT2D eigenvalue weighted by Crippen LogP contribution is 2.09. The molecule has 2 aromatic rings. The molecule has 1 heterocycles. The summed E-state index contributed by atoms with van der Waals surface area (Å²) in [5, 5.41) is 9.10. The van der Waals surface area contributed by atoms with Crippen molar-refractivity contribution in [1.29, 1.82) is 0 Å². The average Bonchev–Trinajstić information content (AvgIpc) is 2.43. The molecule has 0 aliphatic rings. The lowest BCUT2D eigenvalue weighted by Gasteiger charge is -2.06. The van der Waals surface area contributed by atoms with Gasteiger partial charge in [0.25, 0.3) is 0 Å². The molecule has 0 saturated carbocycles. The van der Waals surface area contributed by atoms with Gasteiger partial charge in [0.2, 0.25) is 0 Å². The average molecular weight is 260 g/mol. The van der Waals surface area contributed by atoms with E-state index in [1.54, 1.807) is 6.92 Å². The molecule has 0 saturated heterocycles. The van der Waals surface area contributed by atoms with Gasteiger partial charge in [0.05, 0.1) is 6.61 Å². The van der Waals surface area contributed by atoms with E-state index in [0.29, 0.717) is 23.7 Å². The van der Waals surface area contributed by atoms with Crippen LogP contribution in [0, 0.1) is 6.92 Å². The zero-order chi connectivity index (χ0) is 13.7. The van der Waals surface area contributed by atoms with Crippen LogP contribution in [0.2, 0.25) is 0 Å². The summed E-state index contributed by atoms with van der Waals surface area (Å²) >= 11 is 0. The molecule has 0 radical (unpaired) electrons. The van der Waals surface area contributed by atoms with Crippen molar-refractivity contribution in [2.75, 3.05) is 0 Å². The minimum Gasteiger partial charge on any atom is -0.461 e. The summed E-state index contributed by atoms with van der Waals surface area (Å²) in [5.41, 5.74) is 1.35. The predicted molar refractivity (Wildman–Crippen MR) is 70.6 cm³/mol. The first-order valence-corrected chi connectivity index (χ1v) is 6.05. The third-order valence-electron chi connectivity index (χ3n) is 2.83. The highest BCUT2D eigenvalue weighted by Gasteiger charge is 2.07. The van der Waals surface area contributed by atoms with Gasteiger partial charge in [-0.2, -0.15) is 0 Å². The Hall–Kier alpha value is -1.91. The Kier molecular flexibility index (Phi) is 4.49. The van der Waals surface area contributed by atoms with Crippen molar-refractivity contribution < 1.29 is 14.3 Å². The van der Waals surface area contributed by atoms with E-state index in [1.807, 2.05) is 30.3 Å². The molecule has 4 heteroatoms. The Labute approximate surface area is 111 Å². The van der Waals surface area contributed by atoms with Gasteiger partial charge in [0.15, 0.2) is 5.43 Å². The summed E-state index contributed by atoms with van der Waals surface area (Å²) in [5.74, 6) is 0.724. The van der Waals surface area contributed by atoms with Crippen molar-refractivity contribution in [3.8, 4) is 0 Å². The highest BCUT2D eigenvalue weighted by atomic mass is 16.5. The van der Waals surface area contributed by atoms with Crippen molar-refractivity contribution in [3.63, 3.8) is 0 Å². The van der Waals surface area contributed by atoms with Crippen LogP contribution in [0.1, 0.15) is 22.6 Å². The van der Waals surface area contributed by atoms with Crippen LogP contribution in [-0.4, -0.2) is 5.11 Å². The monoisotopic (exact) mass is 260 g/mol. The number of ether oxygens (including phenoxy) is 1. The Morgan fingerprint density at radius 1 is 1.21 bits per heavy atom. The maximum atomic E-state index is 11.6. The van der Waals surface area contributed by atoms with E-state index in [9.17, 15) is 4.79 Å². The zero-order valence-corrected chi connectivity index (χ0v) is 10.8. The largest absolute Gasteiger partial charge is 0.461 e. The van der Waals surface area contributed by atoms with Crippen LogP contribution >= 0.6 is 0 Å². The summed E-state index contributed by atoms with van der Waals surface area (Å²) < 4.78 is 10.9. The number of aliphatic hydroxyl groups is 1. The number of benzene rings is 1. The molecule has 0 amide bonds. The van der Waals surface area contributed by atoms with Crippen molar-refractivity contribution in [1.82, 2.24) is 0 Å². The van der Waals surface area contributed by atoms with Gasteiger partial charge in [-0.05, 0) is 12.5 Å². The van der Waals surface area contributed by atoms with E-state index >= 15 is 0 Å². The lowest BCUT2D eigenvalue weighted by atomic mass is 10.2. The molecular formula is C15H16O4. The predicted octanol–water partition coefficient (Wildman–Crippen LogP) is 2.16. The minimum atomic E-state index is -0.284. The SMILES string of the molecule is Cc1c(CO)oc(COCc2ccccc2)cc1=O. The van der Waals surface area contributed by atoms with E-state index in [4.69, 9.17) is 14.3 Å². The number of aliphatic hydroxyl groups excluding tert-OH is 1. The first kappa shape index (κ1) is 13.5. The van der Waals surface area contributed by atoms with Gasteiger partial charge >= 0.3 is 0 Å². The summed E-state index contributed by atoms with van der Waals surface area (Å²) in [6, 6.07) is 11.1. The Morgan fingerprint density at radius 3 is 2.63 bits per heavy atom. The maximum absolute atomic E-state index is 11.6. The quantitative estimate of drug-likeness (QED) is 0.895. The highest BCUT2D eigenvalue weighted by molar-refractivity contribution is 5.17. The van der Waals surface area contributed by atoms with Crippen LogP contribution in [0.25, 0.3) is 0 Å². The fourth-order valence-corrected chi connectivity index (χ4v) is 1.72. The third kappa shape index (κ3) is 3.53. The molecule has 1 aromatic heterocycles. The molecule has 0 bridgehead atoms. The Bertz CT molecular complexity index is 587. The molecule has 0 aliphatic carbocycles. The molecule has 19 heavy (non-hydrogen) atoms. The van der Waals surface area contributed by atoms with E-state index in [2.05, 4.69) is 0 Å². The number of hydrogen-bond acceptors (Lipinski definition) is 4. The van der Waals surface area contributed by atoms with E-state index in [-0.39, 0.29) is 18.6 Å². The van der Waals surface area contributed by atoms with Gasteiger partial charge in [0, 0.05) is 11.6 Å². The topological polar surface area (TPSA) is 59.7 Å². The van der Waals surface area contributed by atoms with Gasteiger partial charge in [0.1, 0.15) is 24.7 Å². The minimum absolute atomic E-state index is 0.145. The van der Waals surface area contributed by atoms with Gasteiger partial charge in [-0.1, -0.05) is 30.3 Å². The molecule has 2 rings (SSSR count). The van der Waals surface area contributed by atoms with E-state index in [0.717, 1.165) is 5.56 Å². The molecule has 0 aliphatic heterocycles. The fraction of sp³-hybridized carbons (Fsp3) is 0.267. The van der Waals surface area contributed by atoms with Crippen LogP contribution in [0.3, 0.4) is 0 Å². The smallest absolute Gasteiger partial charge is 0.188 e. The molecule has 1 aromatic carbocycles. The second kappa shape index (κ2) is 6.31. The lowest BCUT2D eigenvalue weighted by molar-refractivity contribution is 0.0884. The van der Waals surface area contributed by atoms with Crippen LogP contribution in [0.15, 0.2) is 45.6 Å². The van der Waals surface area contributed by atoms with Crippen molar-refractivity contribution in [2.45, 2.75) is 26.7 Å². The van der Waals surface area contributed by atoms with Gasteiger partial charge in [-0.25, -0.2) is 0 Å². The molecular weight excluding hydrogens is 244 g/mol. The maximum Gasteiger partial charge on any atom is 0.188 e. The normalized spacial score (nSPS) is 10.6. The summed E-state index contributed by atoms with van der Waals surface area (Å²) in [6.45, 7) is 2.00. The summed E-state index contributed by atoms with van der Waals surface area (Å²) in [7, 11) is 0. The molecule has 100 valence electrons. The Morgan fingerprint density at radius 2 is 1.95 bits per heavy atom. The second-order valence-corrected chi connectivity index (χ2v) is 4.26. The van der Waals surface area contributed by atoms with Crippen LogP contribution < -0.4 is 5.43 Å². The van der Waals surface area contributed by atoms with Crippen LogP contribution in [0.4, 0.5) is 0 Å². The summed E-state index contributed by atoms with van der Waals surface area (Å²) in [6.07, 6.45) is 0. The molecule has 1 N–H and O–H groups in total. The number of hydrogen-bond donors (Lipinski definition) is 1. The number of rotatable bonds is 5. The van der Waals surface area contributed by atoms with Crippen molar-refractivity contribution >= 4 is 0 Å². The first-order valence-electron chi connectivity index (χ1n) is 6.05. The van der Waals surface area contributed by atoms with Gasteiger partial charge in [-0.3, -0.25) is 4.79 Å². The Balaban J connectivity index is 2.00. The third-order valence-corrected chi connectivity index (χ3v) is 2.83. The molecule has 0 spiro atoms. The summed E-state index contributed by atoms with van der Waals surface area (Å²) in [4.78, 5) is 11.6. The van der Waals surface area contributed by atoms with Crippen LogP contribution in [0.5, 0.6) is 0 Å². The molecule has 0 atom stereocenters. The molecule has 0 fully saturated rings. The van der Waals surface area contributed by atoms with E-state index < -0.39 is 0 Å². The van der Waals surface area contributed by atoms with Gasteiger partial charge in [-0.15, -0.1) is 0 Å². The molecule has 4 nitrogen and oxygen atoms in total. The van der Waals surface area contributed by atoms with Crippen LogP contribution in [-0.2, 0) is 24.6 Å². The zero-order valence-electron chi connectivity index (χ0n) is 10.8. The first-order chi connectivity index (χ1) is 9.20.